The van der Waals surface area contributed by atoms with Gasteiger partial charge in [0.05, 0.1) is 32.2 Å². The highest BCUT2D eigenvalue weighted by atomic mass is 16.5. The molecule has 0 spiro atoms. The first-order valence-corrected chi connectivity index (χ1v) is 5.50. The molecule has 3 rings (SSSR count). The Bertz CT molecular complexity index is 586. The summed E-state index contributed by atoms with van der Waals surface area (Å²) in [5, 5.41) is 19.6. The highest BCUT2D eigenvalue weighted by Crippen LogP contribution is 2.32. The standard InChI is InChI=1S/C10H13N5O3/c11-8-7-9(13-4-12-8)15(5-14-7)6-1-18-3-10(6,17)2-16/h4-6,16-17H,1-3H2,(H2,11,12,13)/t6-,10-/m1/s1. The van der Waals surface area contributed by atoms with Crippen LogP contribution in [0.2, 0.25) is 0 Å². The molecule has 0 radical (unpaired) electrons. The second-order valence-electron chi connectivity index (χ2n) is 4.38. The Morgan fingerprint density at radius 2 is 2.33 bits per heavy atom. The number of hydrogen-bond donors (Lipinski definition) is 3. The van der Waals surface area contributed by atoms with Gasteiger partial charge >= 0.3 is 0 Å². The molecule has 3 heterocycles. The van der Waals surface area contributed by atoms with Gasteiger partial charge in [-0.15, -0.1) is 0 Å². The number of aliphatic hydroxyl groups excluding tert-OH is 1. The third kappa shape index (κ3) is 1.47. The number of fused-ring (bicyclic) bond motifs is 1. The Morgan fingerprint density at radius 3 is 3.11 bits per heavy atom. The zero-order valence-electron chi connectivity index (χ0n) is 9.52. The first-order valence-electron chi connectivity index (χ1n) is 5.50. The van der Waals surface area contributed by atoms with Gasteiger partial charge in [-0.3, -0.25) is 0 Å². The van der Waals surface area contributed by atoms with E-state index in [4.69, 9.17) is 10.5 Å². The molecule has 1 fully saturated rings. The summed E-state index contributed by atoms with van der Waals surface area (Å²) in [4.78, 5) is 12.1. The smallest absolute Gasteiger partial charge is 0.165 e. The molecule has 0 aromatic carbocycles. The summed E-state index contributed by atoms with van der Waals surface area (Å²) in [6, 6.07) is -0.443. The van der Waals surface area contributed by atoms with Crippen molar-refractivity contribution >= 4 is 17.0 Å². The van der Waals surface area contributed by atoms with Crippen LogP contribution in [0.3, 0.4) is 0 Å². The van der Waals surface area contributed by atoms with Gasteiger partial charge in [-0.25, -0.2) is 15.0 Å². The number of nitrogens with zero attached hydrogens (tertiary/aromatic N) is 4. The van der Waals surface area contributed by atoms with Crippen molar-refractivity contribution in [2.24, 2.45) is 0 Å². The highest BCUT2D eigenvalue weighted by Gasteiger charge is 2.44. The zero-order chi connectivity index (χ0) is 12.8. The lowest BCUT2D eigenvalue weighted by Crippen LogP contribution is -2.42. The van der Waals surface area contributed by atoms with E-state index >= 15 is 0 Å². The average molecular weight is 251 g/mol. The SMILES string of the molecule is Nc1ncnc2c1ncn2[C@@H]1COC[C@]1(O)CO. The number of ether oxygens (including phenoxy) is 1. The maximum Gasteiger partial charge on any atom is 0.165 e. The third-order valence-corrected chi connectivity index (χ3v) is 3.24. The molecule has 0 unspecified atom stereocenters. The number of nitrogen functional groups attached to an aromatic ring is 1. The van der Waals surface area contributed by atoms with E-state index in [1.165, 1.54) is 12.7 Å². The van der Waals surface area contributed by atoms with E-state index < -0.39 is 18.2 Å². The molecule has 18 heavy (non-hydrogen) atoms. The predicted molar refractivity (Wildman–Crippen MR) is 61.6 cm³/mol. The van der Waals surface area contributed by atoms with Crippen molar-refractivity contribution in [3.05, 3.63) is 12.7 Å². The highest BCUT2D eigenvalue weighted by molar-refractivity contribution is 5.81. The Labute approximate surface area is 102 Å². The first-order chi connectivity index (χ1) is 8.65. The van der Waals surface area contributed by atoms with Gasteiger partial charge in [0.15, 0.2) is 11.5 Å². The van der Waals surface area contributed by atoms with Crippen molar-refractivity contribution in [3.63, 3.8) is 0 Å². The van der Waals surface area contributed by atoms with Crippen molar-refractivity contribution in [1.29, 1.82) is 0 Å². The molecule has 2 aromatic heterocycles. The summed E-state index contributed by atoms with van der Waals surface area (Å²) in [6.07, 6.45) is 2.86. The molecule has 0 saturated carbocycles. The van der Waals surface area contributed by atoms with Crippen molar-refractivity contribution in [2.75, 3.05) is 25.6 Å². The second kappa shape index (κ2) is 3.87. The monoisotopic (exact) mass is 251 g/mol. The Kier molecular flexibility index (Phi) is 2.44. The van der Waals surface area contributed by atoms with E-state index in [-0.39, 0.29) is 19.0 Å². The van der Waals surface area contributed by atoms with Crippen LogP contribution in [0.15, 0.2) is 12.7 Å². The van der Waals surface area contributed by atoms with Crippen LogP contribution in [0.4, 0.5) is 5.82 Å². The summed E-state index contributed by atoms with van der Waals surface area (Å²) < 4.78 is 6.90. The van der Waals surface area contributed by atoms with Crippen LogP contribution in [0.25, 0.3) is 11.2 Å². The minimum atomic E-state index is -1.33. The van der Waals surface area contributed by atoms with E-state index in [2.05, 4.69) is 15.0 Å². The van der Waals surface area contributed by atoms with Crippen LogP contribution >= 0.6 is 0 Å². The fourth-order valence-electron chi connectivity index (χ4n) is 2.19. The minimum Gasteiger partial charge on any atom is -0.393 e. The van der Waals surface area contributed by atoms with Gasteiger partial charge in [-0.2, -0.15) is 0 Å². The maximum absolute atomic E-state index is 10.3. The number of hydrogen-bond acceptors (Lipinski definition) is 7. The molecule has 96 valence electrons. The molecule has 1 saturated heterocycles. The van der Waals surface area contributed by atoms with Crippen LogP contribution in [0, 0.1) is 0 Å². The summed E-state index contributed by atoms with van der Waals surface area (Å²) in [5.41, 5.74) is 5.37. The number of rotatable bonds is 2. The number of aromatic nitrogens is 4. The number of anilines is 1. The Morgan fingerprint density at radius 1 is 1.50 bits per heavy atom. The molecule has 0 bridgehead atoms. The molecule has 8 nitrogen and oxygen atoms in total. The van der Waals surface area contributed by atoms with Crippen LogP contribution in [-0.2, 0) is 4.74 Å². The molecule has 0 aliphatic carbocycles. The van der Waals surface area contributed by atoms with Gasteiger partial charge < -0.3 is 25.3 Å². The molecule has 0 amide bonds. The van der Waals surface area contributed by atoms with Crippen molar-refractivity contribution in [1.82, 2.24) is 19.5 Å². The lowest BCUT2D eigenvalue weighted by Gasteiger charge is -2.26. The summed E-state index contributed by atoms with van der Waals surface area (Å²) in [7, 11) is 0. The fourth-order valence-corrected chi connectivity index (χ4v) is 2.19. The van der Waals surface area contributed by atoms with E-state index in [0.29, 0.717) is 11.2 Å². The molecular weight excluding hydrogens is 238 g/mol. The molecule has 1 aliphatic rings. The van der Waals surface area contributed by atoms with Crippen molar-refractivity contribution < 1.29 is 14.9 Å². The lowest BCUT2D eigenvalue weighted by molar-refractivity contribution is -0.0400. The van der Waals surface area contributed by atoms with Gasteiger partial charge in [0.1, 0.15) is 17.4 Å². The zero-order valence-corrected chi connectivity index (χ0v) is 9.52. The molecule has 2 atom stereocenters. The van der Waals surface area contributed by atoms with Gasteiger partial charge in [-0.1, -0.05) is 0 Å². The van der Waals surface area contributed by atoms with E-state index in [1.807, 2.05) is 0 Å². The summed E-state index contributed by atoms with van der Waals surface area (Å²) in [5.74, 6) is 0.283. The first kappa shape index (κ1) is 11.3. The van der Waals surface area contributed by atoms with Gasteiger partial charge in [0.2, 0.25) is 0 Å². The number of nitrogens with two attached hydrogens (primary N) is 1. The predicted octanol–water partition coefficient (Wildman–Crippen LogP) is -1.30. The molecular formula is C10H13N5O3. The fraction of sp³-hybridized carbons (Fsp3) is 0.500. The van der Waals surface area contributed by atoms with Crippen LogP contribution in [0.5, 0.6) is 0 Å². The number of aliphatic hydroxyl groups is 2. The maximum atomic E-state index is 10.3. The second-order valence-corrected chi connectivity index (χ2v) is 4.38. The summed E-state index contributed by atoms with van der Waals surface area (Å²) in [6.45, 7) is -0.0290. The quantitative estimate of drug-likeness (QED) is 0.607. The molecule has 2 aromatic rings. The summed E-state index contributed by atoms with van der Waals surface area (Å²) >= 11 is 0. The van der Waals surface area contributed by atoms with E-state index in [1.54, 1.807) is 4.57 Å². The van der Waals surface area contributed by atoms with Crippen LogP contribution in [0.1, 0.15) is 6.04 Å². The topological polar surface area (TPSA) is 119 Å². The Hall–Kier alpha value is -1.77. The molecule has 4 N–H and O–H groups in total. The van der Waals surface area contributed by atoms with Gasteiger partial charge in [0, 0.05) is 0 Å². The van der Waals surface area contributed by atoms with Crippen molar-refractivity contribution in [3.8, 4) is 0 Å². The lowest BCUT2D eigenvalue weighted by atomic mass is 9.99. The van der Waals surface area contributed by atoms with Gasteiger partial charge in [0.25, 0.3) is 0 Å². The van der Waals surface area contributed by atoms with Crippen molar-refractivity contribution in [2.45, 2.75) is 11.6 Å². The number of imidazole rings is 1. The van der Waals surface area contributed by atoms with Crippen LogP contribution < -0.4 is 5.73 Å². The average Bonchev–Trinajstić information content (AvgIpc) is 2.94. The normalized spacial score (nSPS) is 28.0. The van der Waals surface area contributed by atoms with Gasteiger partial charge in [-0.05, 0) is 0 Å². The van der Waals surface area contributed by atoms with E-state index in [9.17, 15) is 10.2 Å². The molecule has 1 aliphatic heterocycles. The van der Waals surface area contributed by atoms with Crippen LogP contribution in [-0.4, -0.2) is 55.2 Å². The molecule has 8 heteroatoms. The third-order valence-electron chi connectivity index (χ3n) is 3.24. The minimum absolute atomic E-state index is 0.0778. The Balaban J connectivity index is 2.12. The largest absolute Gasteiger partial charge is 0.393 e. The van der Waals surface area contributed by atoms with E-state index in [0.717, 1.165) is 0 Å².